The van der Waals surface area contributed by atoms with Crippen molar-refractivity contribution in [3.63, 3.8) is 0 Å². The van der Waals surface area contributed by atoms with Crippen molar-refractivity contribution in [2.45, 2.75) is 25.1 Å². The van der Waals surface area contributed by atoms with Gasteiger partial charge in [0.15, 0.2) is 0 Å². The Morgan fingerprint density at radius 1 is 1.37 bits per heavy atom. The summed E-state index contributed by atoms with van der Waals surface area (Å²) in [5, 5.41) is 3.16. The van der Waals surface area contributed by atoms with Crippen molar-refractivity contribution in [3.05, 3.63) is 35.6 Å². The van der Waals surface area contributed by atoms with E-state index >= 15 is 0 Å². The Kier molecular flexibility index (Phi) is 3.48. The van der Waals surface area contributed by atoms with Crippen molar-refractivity contribution in [2.75, 3.05) is 19.7 Å². The molecule has 2 heterocycles. The van der Waals surface area contributed by atoms with E-state index < -0.39 is 0 Å². The number of carbonyl (C=O) groups is 1. The normalized spacial score (nSPS) is 27.2. The summed E-state index contributed by atoms with van der Waals surface area (Å²) in [6.07, 6.45) is 2.02. The van der Waals surface area contributed by atoms with Gasteiger partial charge in [-0.15, -0.1) is 0 Å². The molecule has 0 radical (unpaired) electrons. The van der Waals surface area contributed by atoms with Gasteiger partial charge in [-0.05, 0) is 30.5 Å². The Bertz CT molecular complexity index is 457. The van der Waals surface area contributed by atoms with Crippen LogP contribution in [0.1, 0.15) is 24.6 Å². The highest BCUT2D eigenvalue weighted by Gasteiger charge is 2.34. The van der Waals surface area contributed by atoms with Crippen LogP contribution in [0.5, 0.6) is 0 Å². The molecule has 3 rings (SSSR count). The average Bonchev–Trinajstić information content (AvgIpc) is 3.03. The standard InChI is InChI=1S/C14H17FN2O2/c15-11-5-3-10(4-6-11)14-16-8-13(18)17(14)9-12-2-1-7-19-12/h3-6,12,14,16H,1-2,7-9H2. The molecule has 0 aliphatic carbocycles. The number of amides is 1. The number of nitrogens with one attached hydrogen (secondary N) is 1. The lowest BCUT2D eigenvalue weighted by Crippen LogP contribution is -2.36. The number of rotatable bonds is 3. The summed E-state index contributed by atoms with van der Waals surface area (Å²) in [5.41, 5.74) is 0.908. The highest BCUT2D eigenvalue weighted by Crippen LogP contribution is 2.25. The lowest BCUT2D eigenvalue weighted by atomic mass is 10.1. The third-order valence-electron chi connectivity index (χ3n) is 3.69. The Labute approximate surface area is 111 Å². The molecular weight excluding hydrogens is 247 g/mol. The molecule has 2 unspecified atom stereocenters. The van der Waals surface area contributed by atoms with Gasteiger partial charge in [-0.3, -0.25) is 10.1 Å². The van der Waals surface area contributed by atoms with Gasteiger partial charge >= 0.3 is 0 Å². The number of nitrogens with zero attached hydrogens (tertiary/aromatic N) is 1. The summed E-state index contributed by atoms with van der Waals surface area (Å²) in [6, 6.07) is 6.27. The number of hydrogen-bond donors (Lipinski definition) is 1. The van der Waals surface area contributed by atoms with E-state index in [2.05, 4.69) is 5.32 Å². The van der Waals surface area contributed by atoms with Crippen LogP contribution in [0.2, 0.25) is 0 Å². The van der Waals surface area contributed by atoms with Crippen molar-refractivity contribution in [3.8, 4) is 0 Å². The summed E-state index contributed by atoms with van der Waals surface area (Å²) < 4.78 is 18.5. The summed E-state index contributed by atoms with van der Waals surface area (Å²) in [7, 11) is 0. The minimum atomic E-state index is -0.265. The zero-order valence-corrected chi connectivity index (χ0v) is 10.6. The molecule has 2 aliphatic rings. The first-order chi connectivity index (χ1) is 9.24. The number of ether oxygens (including phenoxy) is 1. The first kappa shape index (κ1) is 12.6. The third kappa shape index (κ3) is 2.62. The molecule has 2 fully saturated rings. The van der Waals surface area contributed by atoms with Crippen LogP contribution in [0.25, 0.3) is 0 Å². The summed E-state index contributed by atoms with van der Waals surface area (Å²) in [4.78, 5) is 13.7. The van der Waals surface area contributed by atoms with Crippen molar-refractivity contribution >= 4 is 5.91 Å². The SMILES string of the molecule is O=C1CNC(c2ccc(F)cc2)N1CC1CCCO1. The molecule has 2 aliphatic heterocycles. The molecular formula is C14H17FN2O2. The molecule has 4 nitrogen and oxygen atoms in total. The molecule has 0 spiro atoms. The molecule has 19 heavy (non-hydrogen) atoms. The van der Waals surface area contributed by atoms with E-state index in [1.165, 1.54) is 12.1 Å². The smallest absolute Gasteiger partial charge is 0.238 e. The Morgan fingerprint density at radius 2 is 2.16 bits per heavy atom. The highest BCUT2D eigenvalue weighted by molar-refractivity contribution is 5.81. The topological polar surface area (TPSA) is 41.6 Å². The van der Waals surface area contributed by atoms with E-state index in [0.717, 1.165) is 25.0 Å². The van der Waals surface area contributed by atoms with E-state index in [1.807, 2.05) is 0 Å². The fourth-order valence-corrected chi connectivity index (χ4v) is 2.70. The molecule has 0 aromatic heterocycles. The van der Waals surface area contributed by atoms with E-state index in [4.69, 9.17) is 4.74 Å². The summed E-state index contributed by atoms with van der Waals surface area (Å²) in [5.74, 6) is -0.191. The highest BCUT2D eigenvalue weighted by atomic mass is 19.1. The van der Waals surface area contributed by atoms with Gasteiger partial charge in [-0.1, -0.05) is 12.1 Å². The second-order valence-corrected chi connectivity index (χ2v) is 5.02. The van der Waals surface area contributed by atoms with Crippen LogP contribution in [0.15, 0.2) is 24.3 Å². The van der Waals surface area contributed by atoms with E-state index in [1.54, 1.807) is 17.0 Å². The maximum atomic E-state index is 13.0. The minimum Gasteiger partial charge on any atom is -0.376 e. The lowest BCUT2D eigenvalue weighted by molar-refractivity contribution is -0.129. The van der Waals surface area contributed by atoms with Gasteiger partial charge in [0, 0.05) is 13.2 Å². The second-order valence-electron chi connectivity index (χ2n) is 5.02. The van der Waals surface area contributed by atoms with Crippen molar-refractivity contribution in [1.29, 1.82) is 0 Å². The van der Waals surface area contributed by atoms with Crippen molar-refractivity contribution < 1.29 is 13.9 Å². The van der Waals surface area contributed by atoms with E-state index in [9.17, 15) is 9.18 Å². The molecule has 5 heteroatoms. The van der Waals surface area contributed by atoms with Crippen molar-refractivity contribution in [1.82, 2.24) is 10.2 Å². The Balaban J connectivity index is 1.75. The van der Waals surface area contributed by atoms with Gasteiger partial charge in [-0.2, -0.15) is 0 Å². The van der Waals surface area contributed by atoms with Crippen LogP contribution < -0.4 is 5.32 Å². The summed E-state index contributed by atoms with van der Waals surface area (Å²) in [6.45, 7) is 1.71. The number of hydrogen-bond acceptors (Lipinski definition) is 3. The van der Waals surface area contributed by atoms with Crippen LogP contribution in [-0.4, -0.2) is 36.6 Å². The zero-order valence-electron chi connectivity index (χ0n) is 10.6. The van der Waals surface area contributed by atoms with Gasteiger partial charge in [0.25, 0.3) is 0 Å². The fraction of sp³-hybridized carbons (Fsp3) is 0.500. The zero-order chi connectivity index (χ0) is 13.2. The molecule has 2 saturated heterocycles. The Hall–Kier alpha value is -1.46. The quantitative estimate of drug-likeness (QED) is 0.898. The van der Waals surface area contributed by atoms with Crippen LogP contribution >= 0.6 is 0 Å². The monoisotopic (exact) mass is 264 g/mol. The molecule has 1 amide bonds. The van der Waals surface area contributed by atoms with Gasteiger partial charge < -0.3 is 9.64 Å². The second kappa shape index (κ2) is 5.27. The predicted molar refractivity (Wildman–Crippen MR) is 67.8 cm³/mol. The Morgan fingerprint density at radius 3 is 2.84 bits per heavy atom. The third-order valence-corrected chi connectivity index (χ3v) is 3.69. The van der Waals surface area contributed by atoms with E-state index in [0.29, 0.717) is 13.1 Å². The molecule has 2 atom stereocenters. The molecule has 0 saturated carbocycles. The molecule has 102 valence electrons. The van der Waals surface area contributed by atoms with Crippen LogP contribution in [0.4, 0.5) is 4.39 Å². The molecule has 1 N–H and O–H groups in total. The number of benzene rings is 1. The average molecular weight is 264 g/mol. The predicted octanol–water partition coefficient (Wildman–Crippen LogP) is 1.44. The number of carbonyl (C=O) groups excluding carboxylic acids is 1. The first-order valence-corrected chi connectivity index (χ1v) is 6.64. The minimum absolute atomic E-state index is 0.0739. The largest absolute Gasteiger partial charge is 0.376 e. The fourth-order valence-electron chi connectivity index (χ4n) is 2.70. The van der Waals surface area contributed by atoms with Crippen molar-refractivity contribution in [2.24, 2.45) is 0 Å². The van der Waals surface area contributed by atoms with E-state index in [-0.39, 0.29) is 24.0 Å². The van der Waals surface area contributed by atoms with Gasteiger partial charge in [0.1, 0.15) is 12.0 Å². The van der Waals surface area contributed by atoms with Crippen LogP contribution in [0, 0.1) is 5.82 Å². The summed E-state index contributed by atoms with van der Waals surface area (Å²) >= 11 is 0. The molecule has 0 bridgehead atoms. The number of halogens is 1. The maximum absolute atomic E-state index is 13.0. The molecule has 1 aromatic rings. The first-order valence-electron chi connectivity index (χ1n) is 6.64. The van der Waals surface area contributed by atoms with Crippen LogP contribution in [-0.2, 0) is 9.53 Å². The lowest BCUT2D eigenvalue weighted by Gasteiger charge is -2.27. The van der Waals surface area contributed by atoms with Gasteiger partial charge in [0.2, 0.25) is 5.91 Å². The van der Waals surface area contributed by atoms with Crippen LogP contribution in [0.3, 0.4) is 0 Å². The van der Waals surface area contributed by atoms with Gasteiger partial charge in [-0.25, -0.2) is 4.39 Å². The maximum Gasteiger partial charge on any atom is 0.238 e. The van der Waals surface area contributed by atoms with Gasteiger partial charge in [0.05, 0.1) is 12.6 Å². The molecule has 1 aromatic carbocycles.